The molecule has 3 aromatic rings. The van der Waals surface area contributed by atoms with E-state index in [1.165, 1.54) is 18.4 Å². The molecule has 2 N–H and O–H groups in total. The number of halogens is 2. The van der Waals surface area contributed by atoms with E-state index in [1.807, 2.05) is 48.2 Å². The van der Waals surface area contributed by atoms with Gasteiger partial charge in [-0.25, -0.2) is 0 Å². The summed E-state index contributed by atoms with van der Waals surface area (Å²) < 4.78 is 23.2. The summed E-state index contributed by atoms with van der Waals surface area (Å²) in [6, 6.07) is 18.2. The van der Waals surface area contributed by atoms with Crippen molar-refractivity contribution in [1.82, 2.24) is 9.80 Å². The van der Waals surface area contributed by atoms with Gasteiger partial charge in [-0.15, -0.1) is 0 Å². The molecule has 3 aromatic carbocycles. The number of methoxy groups -OCH3 is 1. The van der Waals surface area contributed by atoms with Gasteiger partial charge in [0.25, 0.3) is 0 Å². The van der Waals surface area contributed by atoms with Gasteiger partial charge in [-0.05, 0) is 124 Å². The van der Waals surface area contributed by atoms with E-state index in [1.54, 1.807) is 7.11 Å². The number of rotatable bonds is 20. The highest BCUT2D eigenvalue weighted by Crippen LogP contribution is 2.34. The van der Waals surface area contributed by atoms with Gasteiger partial charge in [0, 0.05) is 39.4 Å². The molecule has 1 aliphatic carbocycles. The Morgan fingerprint density at radius 1 is 0.878 bits per heavy atom. The quantitative estimate of drug-likeness (QED) is 0.125. The average molecular weight is 713 g/mol. The molecule has 1 heterocycles. The van der Waals surface area contributed by atoms with Gasteiger partial charge >= 0.3 is 0 Å². The molecular formula is C39H51Cl2N3O5. The van der Waals surface area contributed by atoms with Crippen LogP contribution in [0.3, 0.4) is 0 Å². The maximum atomic E-state index is 14.0. The summed E-state index contributed by atoms with van der Waals surface area (Å²) >= 11 is 12.6. The van der Waals surface area contributed by atoms with Crippen LogP contribution in [0.1, 0.15) is 54.4 Å². The third kappa shape index (κ3) is 11.5. The first-order valence-electron chi connectivity index (χ1n) is 17.6. The summed E-state index contributed by atoms with van der Waals surface area (Å²) in [5, 5.41) is 0.958. The fourth-order valence-corrected chi connectivity index (χ4v) is 7.08. The van der Waals surface area contributed by atoms with E-state index in [-0.39, 0.29) is 24.4 Å². The largest absolute Gasteiger partial charge is 0.492 e. The van der Waals surface area contributed by atoms with Crippen LogP contribution in [-0.2, 0) is 28.9 Å². The Bertz CT molecular complexity index is 1470. The predicted octanol–water partition coefficient (Wildman–Crippen LogP) is 7.12. The first-order valence-corrected chi connectivity index (χ1v) is 18.4. The van der Waals surface area contributed by atoms with Crippen LogP contribution in [0.25, 0.3) is 0 Å². The van der Waals surface area contributed by atoms with Crippen molar-refractivity contribution in [3.05, 3.63) is 86.9 Å². The summed E-state index contributed by atoms with van der Waals surface area (Å²) in [5.74, 6) is 1.84. The van der Waals surface area contributed by atoms with Crippen LogP contribution in [0.15, 0.2) is 54.6 Å². The van der Waals surface area contributed by atoms with Crippen molar-refractivity contribution in [1.29, 1.82) is 0 Å². The zero-order valence-corrected chi connectivity index (χ0v) is 30.4. The third-order valence-electron chi connectivity index (χ3n) is 9.12. The number of benzene rings is 3. The van der Waals surface area contributed by atoms with Crippen LogP contribution >= 0.6 is 23.2 Å². The van der Waals surface area contributed by atoms with E-state index in [0.29, 0.717) is 60.9 Å². The van der Waals surface area contributed by atoms with Gasteiger partial charge in [-0.2, -0.15) is 0 Å². The minimum Gasteiger partial charge on any atom is -0.492 e. The molecule has 1 saturated heterocycles. The molecule has 0 radical (unpaired) electrons. The van der Waals surface area contributed by atoms with Crippen molar-refractivity contribution in [3.63, 3.8) is 0 Å². The summed E-state index contributed by atoms with van der Waals surface area (Å²) in [7, 11) is 1.73. The molecule has 5 rings (SSSR count). The van der Waals surface area contributed by atoms with Gasteiger partial charge in [0.05, 0.1) is 16.0 Å². The van der Waals surface area contributed by atoms with Gasteiger partial charge in [-0.1, -0.05) is 41.4 Å². The standard InChI is InChI=1S/C39H51Cl2N3O5/c1-28-20-36(40)38(37(41)21-28)49-19-18-48-34-11-7-29(8-12-34)23-32(26-42)39(45)44(33-9-10-33)27-31-22-30(6-5-16-46-2)24-35(25-31)47-17-15-43-13-3-4-14-43/h7-8,11-12,20-22,24-25,32-33H,3-6,9-10,13-19,23,26-27,42H2,1-2H3. The average Bonchev–Trinajstić information content (AvgIpc) is 3.80. The van der Waals surface area contributed by atoms with Crippen LogP contribution in [0.5, 0.6) is 17.2 Å². The second kappa shape index (κ2) is 18.8. The first-order chi connectivity index (χ1) is 23.8. The number of carbonyl (C=O) groups excluding carboxylic acids is 1. The molecule has 10 heteroatoms. The van der Waals surface area contributed by atoms with Crippen molar-refractivity contribution in [2.75, 3.05) is 59.7 Å². The molecule has 2 fully saturated rings. The van der Waals surface area contributed by atoms with E-state index in [0.717, 1.165) is 67.8 Å². The summed E-state index contributed by atoms with van der Waals surface area (Å²) in [6.45, 7) is 8.01. The zero-order valence-electron chi connectivity index (χ0n) is 28.9. The number of nitrogens with two attached hydrogens (primary N) is 1. The van der Waals surface area contributed by atoms with Crippen molar-refractivity contribution in [2.24, 2.45) is 11.7 Å². The second-order valence-electron chi connectivity index (χ2n) is 13.2. The molecule has 2 aliphatic rings. The Kier molecular flexibility index (Phi) is 14.3. The van der Waals surface area contributed by atoms with Gasteiger partial charge in [0.2, 0.25) is 5.91 Å². The second-order valence-corrected chi connectivity index (χ2v) is 14.0. The lowest BCUT2D eigenvalue weighted by Gasteiger charge is -2.28. The van der Waals surface area contributed by atoms with E-state index >= 15 is 0 Å². The van der Waals surface area contributed by atoms with Crippen LogP contribution in [0, 0.1) is 12.8 Å². The molecule has 1 amide bonds. The zero-order chi connectivity index (χ0) is 34.6. The summed E-state index contributed by atoms with van der Waals surface area (Å²) in [6.07, 6.45) is 6.98. The van der Waals surface area contributed by atoms with Gasteiger partial charge < -0.3 is 29.6 Å². The lowest BCUT2D eigenvalue weighted by atomic mass is 9.97. The summed E-state index contributed by atoms with van der Waals surface area (Å²) in [4.78, 5) is 18.5. The number of nitrogens with zero attached hydrogens (tertiary/aromatic N) is 2. The van der Waals surface area contributed by atoms with Gasteiger partial charge in [0.15, 0.2) is 5.75 Å². The topological polar surface area (TPSA) is 86.5 Å². The molecule has 1 atom stereocenters. The molecule has 0 spiro atoms. The number of ether oxygens (including phenoxy) is 4. The van der Waals surface area contributed by atoms with Crippen molar-refractivity contribution < 1.29 is 23.7 Å². The molecule has 1 unspecified atom stereocenters. The van der Waals surface area contributed by atoms with Crippen LogP contribution in [0.4, 0.5) is 0 Å². The highest BCUT2D eigenvalue weighted by atomic mass is 35.5. The predicted molar refractivity (Wildman–Crippen MR) is 196 cm³/mol. The SMILES string of the molecule is COCCCc1cc(CN(C(=O)C(CN)Cc2ccc(OCCOc3c(Cl)cc(C)cc3Cl)cc2)C2CC2)cc(OCCN2CCCC2)c1. The molecule has 266 valence electrons. The van der Waals surface area contributed by atoms with E-state index in [2.05, 4.69) is 23.1 Å². The Hall–Kier alpha value is -3.01. The van der Waals surface area contributed by atoms with Crippen LogP contribution in [0.2, 0.25) is 10.0 Å². The van der Waals surface area contributed by atoms with Crippen molar-refractivity contribution >= 4 is 29.1 Å². The highest BCUT2D eigenvalue weighted by Gasteiger charge is 2.35. The van der Waals surface area contributed by atoms with E-state index in [4.69, 9.17) is 47.9 Å². The molecule has 8 nitrogen and oxygen atoms in total. The smallest absolute Gasteiger partial charge is 0.227 e. The van der Waals surface area contributed by atoms with Gasteiger partial charge in [-0.3, -0.25) is 9.69 Å². The lowest BCUT2D eigenvalue weighted by Crippen LogP contribution is -2.41. The number of hydrogen-bond donors (Lipinski definition) is 1. The molecular weight excluding hydrogens is 661 g/mol. The number of aryl methyl sites for hydroxylation is 2. The first kappa shape index (κ1) is 37.3. The number of carbonyl (C=O) groups is 1. The number of hydrogen-bond acceptors (Lipinski definition) is 7. The Balaban J connectivity index is 1.17. The molecule has 49 heavy (non-hydrogen) atoms. The van der Waals surface area contributed by atoms with E-state index in [9.17, 15) is 4.79 Å². The van der Waals surface area contributed by atoms with Crippen LogP contribution in [-0.4, -0.2) is 81.5 Å². The highest BCUT2D eigenvalue weighted by molar-refractivity contribution is 6.37. The molecule has 1 aliphatic heterocycles. The lowest BCUT2D eigenvalue weighted by molar-refractivity contribution is -0.136. The normalized spacial score (nSPS) is 15.3. The third-order valence-corrected chi connectivity index (χ3v) is 9.68. The monoisotopic (exact) mass is 711 g/mol. The van der Waals surface area contributed by atoms with Gasteiger partial charge in [0.1, 0.15) is 31.3 Å². The Morgan fingerprint density at radius 3 is 2.22 bits per heavy atom. The van der Waals surface area contributed by atoms with Crippen molar-refractivity contribution in [2.45, 2.75) is 64.5 Å². The summed E-state index contributed by atoms with van der Waals surface area (Å²) in [5.41, 5.74) is 10.6. The fraction of sp³-hybridized carbons (Fsp3) is 0.513. The van der Waals surface area contributed by atoms with Crippen molar-refractivity contribution in [3.8, 4) is 17.2 Å². The minimum atomic E-state index is -0.314. The fourth-order valence-electron chi connectivity index (χ4n) is 6.38. The Labute approximate surface area is 301 Å². The number of likely N-dealkylation sites (tertiary alicyclic amines) is 1. The number of amides is 1. The van der Waals surface area contributed by atoms with Crippen LogP contribution < -0.4 is 19.9 Å². The minimum absolute atomic E-state index is 0.109. The Morgan fingerprint density at radius 2 is 1.55 bits per heavy atom. The molecule has 1 saturated carbocycles. The molecule has 0 aromatic heterocycles. The molecule has 0 bridgehead atoms. The maximum Gasteiger partial charge on any atom is 0.227 e. The van der Waals surface area contributed by atoms with E-state index < -0.39 is 0 Å². The maximum absolute atomic E-state index is 14.0.